The maximum atomic E-state index is 13.4. The first-order valence-electron chi connectivity index (χ1n) is 5.26. The number of phenolic OH excluding ortho intramolecular Hbond substituents is 1. The van der Waals surface area contributed by atoms with E-state index < -0.39 is 32.4 Å². The van der Waals surface area contributed by atoms with Gasteiger partial charge in [0.1, 0.15) is 23.2 Å². The fourth-order valence-electron chi connectivity index (χ4n) is 1.56. The predicted octanol–water partition coefficient (Wildman–Crippen LogP) is 2.61. The Balaban J connectivity index is 2.46. The monoisotopic (exact) mass is 303 g/mol. The van der Waals surface area contributed by atoms with Crippen molar-refractivity contribution in [2.24, 2.45) is 0 Å². The van der Waals surface area contributed by atoms with Crippen molar-refractivity contribution in [3.05, 3.63) is 53.8 Å². The number of anilines is 1. The van der Waals surface area contributed by atoms with Crippen molar-refractivity contribution in [1.29, 1.82) is 0 Å². The first kappa shape index (κ1) is 14.2. The van der Waals surface area contributed by atoms with Gasteiger partial charge in [0.25, 0.3) is 10.0 Å². The second-order valence-corrected chi connectivity index (χ2v) is 5.47. The summed E-state index contributed by atoms with van der Waals surface area (Å²) in [5.74, 6) is -4.55. The lowest BCUT2D eigenvalue weighted by atomic mass is 10.3. The van der Waals surface area contributed by atoms with Crippen LogP contribution < -0.4 is 4.72 Å². The van der Waals surface area contributed by atoms with Gasteiger partial charge in [0.2, 0.25) is 0 Å². The van der Waals surface area contributed by atoms with E-state index >= 15 is 0 Å². The molecule has 2 N–H and O–H groups in total. The molecule has 106 valence electrons. The Kier molecular flexibility index (Phi) is 3.58. The van der Waals surface area contributed by atoms with Crippen LogP contribution in [0.5, 0.6) is 5.75 Å². The van der Waals surface area contributed by atoms with Gasteiger partial charge in [-0.15, -0.1) is 0 Å². The van der Waals surface area contributed by atoms with Gasteiger partial charge in [0.15, 0.2) is 4.90 Å². The minimum Gasteiger partial charge on any atom is -0.508 e. The summed E-state index contributed by atoms with van der Waals surface area (Å²) in [4.78, 5) is -1.29. The number of rotatable bonds is 3. The van der Waals surface area contributed by atoms with Crippen LogP contribution in [0.3, 0.4) is 0 Å². The number of benzene rings is 2. The minimum absolute atomic E-state index is 0.0897. The quantitative estimate of drug-likeness (QED) is 0.916. The Morgan fingerprint density at radius 3 is 2.15 bits per heavy atom. The number of hydrogen-bond donors (Lipinski definition) is 2. The molecule has 2 rings (SSSR count). The highest BCUT2D eigenvalue weighted by molar-refractivity contribution is 7.92. The van der Waals surface area contributed by atoms with Gasteiger partial charge in [-0.05, 0) is 12.1 Å². The molecule has 20 heavy (non-hydrogen) atoms. The fraction of sp³-hybridized carbons (Fsp3) is 0. The molecule has 0 bridgehead atoms. The second-order valence-electron chi connectivity index (χ2n) is 3.85. The zero-order valence-electron chi connectivity index (χ0n) is 9.77. The first-order valence-corrected chi connectivity index (χ1v) is 6.74. The number of phenols is 1. The SMILES string of the molecule is O=S(=O)(Nc1cccc(O)c1)c1c(F)cc(F)cc1F. The first-order chi connectivity index (χ1) is 9.29. The van der Waals surface area contributed by atoms with Gasteiger partial charge < -0.3 is 5.11 Å². The third kappa shape index (κ3) is 2.85. The molecule has 2 aromatic carbocycles. The van der Waals surface area contributed by atoms with E-state index in [0.717, 1.165) is 6.07 Å². The van der Waals surface area contributed by atoms with Crippen LogP contribution in [0.25, 0.3) is 0 Å². The Labute approximate surface area is 112 Å². The van der Waals surface area contributed by atoms with Crippen LogP contribution in [0.2, 0.25) is 0 Å². The second kappa shape index (κ2) is 5.04. The molecule has 8 heteroatoms. The van der Waals surface area contributed by atoms with Crippen LogP contribution >= 0.6 is 0 Å². The number of hydrogen-bond acceptors (Lipinski definition) is 3. The smallest absolute Gasteiger partial charge is 0.267 e. The Bertz CT molecular complexity index is 739. The molecule has 0 aliphatic rings. The predicted molar refractivity (Wildman–Crippen MR) is 65.2 cm³/mol. The maximum Gasteiger partial charge on any atom is 0.267 e. The van der Waals surface area contributed by atoms with Gasteiger partial charge in [0.05, 0.1) is 5.69 Å². The summed E-state index contributed by atoms with van der Waals surface area (Å²) < 4.78 is 65.3. The van der Waals surface area contributed by atoms with Crippen molar-refractivity contribution >= 4 is 15.7 Å². The number of nitrogens with one attached hydrogen (secondary N) is 1. The molecule has 4 nitrogen and oxygen atoms in total. The van der Waals surface area contributed by atoms with Crippen molar-refractivity contribution in [2.45, 2.75) is 4.90 Å². The third-order valence-electron chi connectivity index (χ3n) is 2.33. The Morgan fingerprint density at radius 1 is 1.00 bits per heavy atom. The number of halogens is 3. The van der Waals surface area contributed by atoms with Crippen LogP contribution in [0, 0.1) is 17.5 Å². The fourth-order valence-corrected chi connectivity index (χ4v) is 2.73. The average molecular weight is 303 g/mol. The molecule has 0 saturated carbocycles. The molecule has 0 saturated heterocycles. The summed E-state index contributed by atoms with van der Waals surface area (Å²) in [6.07, 6.45) is 0. The Hall–Kier alpha value is -2.22. The molecular weight excluding hydrogens is 295 g/mol. The van der Waals surface area contributed by atoms with Crippen LogP contribution in [-0.4, -0.2) is 13.5 Å². The maximum absolute atomic E-state index is 13.4. The molecule has 0 unspecified atom stereocenters. The lowest BCUT2D eigenvalue weighted by Crippen LogP contribution is -2.16. The van der Waals surface area contributed by atoms with Gasteiger partial charge >= 0.3 is 0 Å². The summed E-state index contributed by atoms with van der Waals surface area (Å²) in [6, 6.07) is 5.48. The highest BCUT2D eigenvalue weighted by Gasteiger charge is 2.25. The van der Waals surface area contributed by atoms with Crippen molar-refractivity contribution < 1.29 is 26.7 Å². The van der Waals surface area contributed by atoms with Crippen LogP contribution in [0.1, 0.15) is 0 Å². The van der Waals surface area contributed by atoms with E-state index in [1.807, 2.05) is 4.72 Å². The van der Waals surface area contributed by atoms with Crippen molar-refractivity contribution in [1.82, 2.24) is 0 Å². The van der Waals surface area contributed by atoms with E-state index in [0.29, 0.717) is 0 Å². The van der Waals surface area contributed by atoms with Gasteiger partial charge in [-0.2, -0.15) is 0 Å². The molecule has 0 spiro atoms. The number of aromatic hydroxyl groups is 1. The molecule has 0 aliphatic carbocycles. The molecule has 0 radical (unpaired) electrons. The van der Waals surface area contributed by atoms with Gasteiger partial charge in [-0.3, -0.25) is 4.72 Å². The summed E-state index contributed by atoms with van der Waals surface area (Å²) >= 11 is 0. The lowest BCUT2D eigenvalue weighted by Gasteiger charge is -2.10. The minimum atomic E-state index is -4.59. The summed E-state index contributed by atoms with van der Waals surface area (Å²) in [5.41, 5.74) is -0.0897. The van der Waals surface area contributed by atoms with E-state index in [1.54, 1.807) is 0 Å². The van der Waals surface area contributed by atoms with Gasteiger partial charge in [-0.1, -0.05) is 6.07 Å². The van der Waals surface area contributed by atoms with Crippen LogP contribution in [0.4, 0.5) is 18.9 Å². The van der Waals surface area contributed by atoms with E-state index in [-0.39, 0.29) is 23.6 Å². The van der Waals surface area contributed by atoms with Crippen molar-refractivity contribution in [3.63, 3.8) is 0 Å². The van der Waals surface area contributed by atoms with Gasteiger partial charge in [0, 0.05) is 18.2 Å². The number of sulfonamides is 1. The van der Waals surface area contributed by atoms with E-state index in [9.17, 15) is 26.7 Å². The topological polar surface area (TPSA) is 66.4 Å². The zero-order chi connectivity index (χ0) is 14.9. The highest BCUT2D eigenvalue weighted by atomic mass is 32.2. The summed E-state index contributed by atoms with van der Waals surface area (Å²) in [6.45, 7) is 0. The molecule has 0 heterocycles. The zero-order valence-corrected chi connectivity index (χ0v) is 10.6. The van der Waals surface area contributed by atoms with Crippen LogP contribution in [-0.2, 0) is 10.0 Å². The lowest BCUT2D eigenvalue weighted by molar-refractivity contribution is 0.475. The highest BCUT2D eigenvalue weighted by Crippen LogP contribution is 2.24. The van der Waals surface area contributed by atoms with E-state index in [2.05, 4.69) is 0 Å². The molecule has 0 amide bonds. The Morgan fingerprint density at radius 2 is 1.60 bits per heavy atom. The molecule has 0 aliphatic heterocycles. The molecule has 0 fully saturated rings. The molecule has 2 aromatic rings. The summed E-state index contributed by atoms with van der Waals surface area (Å²) in [5, 5.41) is 9.19. The van der Waals surface area contributed by atoms with E-state index in [1.165, 1.54) is 18.2 Å². The average Bonchev–Trinajstić information content (AvgIpc) is 2.25. The standard InChI is InChI=1S/C12H8F3NO3S/c13-7-4-10(14)12(11(15)5-7)20(18,19)16-8-2-1-3-9(17)6-8/h1-6,16-17H. The largest absolute Gasteiger partial charge is 0.508 e. The normalized spacial score (nSPS) is 11.3. The van der Waals surface area contributed by atoms with Crippen molar-refractivity contribution in [2.75, 3.05) is 4.72 Å². The van der Waals surface area contributed by atoms with Crippen molar-refractivity contribution in [3.8, 4) is 5.75 Å². The van der Waals surface area contributed by atoms with E-state index in [4.69, 9.17) is 0 Å². The molecule has 0 atom stereocenters. The third-order valence-corrected chi connectivity index (χ3v) is 3.76. The summed E-state index contributed by atoms with van der Waals surface area (Å²) in [7, 11) is -4.59. The van der Waals surface area contributed by atoms with Gasteiger partial charge in [-0.25, -0.2) is 21.6 Å². The molecule has 0 aromatic heterocycles. The van der Waals surface area contributed by atoms with Crippen LogP contribution in [0.15, 0.2) is 41.3 Å². The molecular formula is C12H8F3NO3S.